The van der Waals surface area contributed by atoms with Crippen LogP contribution in [0.15, 0.2) is 42.5 Å². The van der Waals surface area contributed by atoms with E-state index in [1.54, 1.807) is 25.2 Å². The summed E-state index contributed by atoms with van der Waals surface area (Å²) in [6, 6.07) is 11.4. The normalized spacial score (nSPS) is 10.1. The maximum Gasteiger partial charge on any atom is 0.257 e. The largest absolute Gasteiger partial charge is 0.387 e. The van der Waals surface area contributed by atoms with Gasteiger partial charge in [0.25, 0.3) is 5.91 Å². The highest BCUT2D eigenvalue weighted by Gasteiger charge is 2.11. The molecule has 0 fully saturated rings. The Bertz CT molecular complexity index is 611. The average Bonchev–Trinajstić information content (AvgIpc) is 2.38. The van der Waals surface area contributed by atoms with Crippen LogP contribution < -0.4 is 10.6 Å². The van der Waals surface area contributed by atoms with Gasteiger partial charge in [-0.2, -0.15) is 0 Å². The first kappa shape index (κ1) is 13.1. The molecule has 19 heavy (non-hydrogen) atoms. The lowest BCUT2D eigenvalue weighted by Crippen LogP contribution is -2.14. The quantitative estimate of drug-likeness (QED) is 0.885. The topological polar surface area (TPSA) is 41.1 Å². The molecular weight excluding hydrogens is 243 g/mol. The van der Waals surface area contributed by atoms with Gasteiger partial charge < -0.3 is 10.6 Å². The second-order valence-corrected chi connectivity index (χ2v) is 4.26. The Morgan fingerprint density at radius 3 is 2.63 bits per heavy atom. The van der Waals surface area contributed by atoms with E-state index in [0.717, 1.165) is 11.3 Å². The number of anilines is 2. The van der Waals surface area contributed by atoms with Crippen LogP contribution in [0.2, 0.25) is 0 Å². The van der Waals surface area contributed by atoms with Crippen LogP contribution in [0.25, 0.3) is 0 Å². The molecule has 2 rings (SSSR count). The van der Waals surface area contributed by atoms with Crippen molar-refractivity contribution in [3.8, 4) is 0 Å². The number of carbonyl (C=O) groups is 1. The molecular formula is C15H15FN2O. The number of aryl methyl sites for hydroxylation is 1. The van der Waals surface area contributed by atoms with Crippen molar-refractivity contribution in [1.29, 1.82) is 0 Å². The van der Waals surface area contributed by atoms with E-state index >= 15 is 0 Å². The number of hydrogen-bond donors (Lipinski definition) is 2. The fourth-order valence-electron chi connectivity index (χ4n) is 1.83. The van der Waals surface area contributed by atoms with Crippen molar-refractivity contribution in [1.82, 2.24) is 0 Å². The highest BCUT2D eigenvalue weighted by atomic mass is 19.1. The second kappa shape index (κ2) is 5.52. The average molecular weight is 258 g/mol. The van der Waals surface area contributed by atoms with Crippen molar-refractivity contribution in [3.05, 3.63) is 59.4 Å². The van der Waals surface area contributed by atoms with E-state index in [1.807, 2.05) is 19.1 Å². The summed E-state index contributed by atoms with van der Waals surface area (Å²) in [5.74, 6) is -0.644. The molecule has 0 saturated heterocycles. The van der Waals surface area contributed by atoms with Gasteiger partial charge in [-0.05, 0) is 37.3 Å². The molecule has 0 aromatic heterocycles. The Hall–Kier alpha value is -2.36. The van der Waals surface area contributed by atoms with E-state index in [0.29, 0.717) is 11.3 Å². The van der Waals surface area contributed by atoms with Crippen LogP contribution in [0.3, 0.4) is 0 Å². The predicted octanol–water partition coefficient (Wildman–Crippen LogP) is 3.43. The van der Waals surface area contributed by atoms with Crippen LogP contribution in [0, 0.1) is 12.7 Å². The zero-order valence-corrected chi connectivity index (χ0v) is 10.8. The summed E-state index contributed by atoms with van der Waals surface area (Å²) in [4.78, 5) is 12.2. The lowest BCUT2D eigenvalue weighted by Gasteiger charge is -2.10. The number of nitrogens with one attached hydrogen (secondary N) is 2. The van der Waals surface area contributed by atoms with Gasteiger partial charge in [-0.25, -0.2) is 4.39 Å². The standard InChI is InChI=1S/C15H15FN2O/c1-10-6-7-14(17-2)13(8-10)15(19)18-12-5-3-4-11(16)9-12/h3-9,17H,1-2H3,(H,18,19). The highest BCUT2D eigenvalue weighted by Crippen LogP contribution is 2.19. The number of amides is 1. The third kappa shape index (κ3) is 3.10. The van der Waals surface area contributed by atoms with Crippen molar-refractivity contribution < 1.29 is 9.18 Å². The van der Waals surface area contributed by atoms with E-state index < -0.39 is 0 Å². The van der Waals surface area contributed by atoms with Crippen LogP contribution in [0.4, 0.5) is 15.8 Å². The minimum Gasteiger partial charge on any atom is -0.387 e. The van der Waals surface area contributed by atoms with Crippen molar-refractivity contribution in [3.63, 3.8) is 0 Å². The van der Waals surface area contributed by atoms with Crippen molar-refractivity contribution in [2.75, 3.05) is 17.7 Å². The van der Waals surface area contributed by atoms with Crippen LogP contribution in [-0.4, -0.2) is 13.0 Å². The van der Waals surface area contributed by atoms with Gasteiger partial charge in [0.05, 0.1) is 5.56 Å². The fourth-order valence-corrected chi connectivity index (χ4v) is 1.83. The van der Waals surface area contributed by atoms with Gasteiger partial charge in [-0.3, -0.25) is 4.79 Å². The van der Waals surface area contributed by atoms with Crippen LogP contribution >= 0.6 is 0 Å². The maximum absolute atomic E-state index is 13.1. The second-order valence-electron chi connectivity index (χ2n) is 4.26. The molecule has 0 heterocycles. The molecule has 3 nitrogen and oxygen atoms in total. The Balaban J connectivity index is 2.27. The number of carbonyl (C=O) groups excluding carboxylic acids is 1. The zero-order chi connectivity index (χ0) is 13.8. The Kier molecular flexibility index (Phi) is 3.80. The number of benzene rings is 2. The summed E-state index contributed by atoms with van der Waals surface area (Å²) in [7, 11) is 1.75. The maximum atomic E-state index is 13.1. The van der Waals surface area contributed by atoms with Gasteiger partial charge in [0, 0.05) is 18.4 Å². The first-order valence-corrected chi connectivity index (χ1v) is 5.95. The predicted molar refractivity (Wildman–Crippen MR) is 75.1 cm³/mol. The molecule has 0 aliphatic heterocycles. The van der Waals surface area contributed by atoms with Gasteiger partial charge in [-0.1, -0.05) is 17.7 Å². The summed E-state index contributed by atoms with van der Waals surface area (Å²) >= 11 is 0. The molecule has 0 atom stereocenters. The van der Waals surface area contributed by atoms with Crippen LogP contribution in [-0.2, 0) is 0 Å². The number of halogens is 1. The van der Waals surface area contributed by atoms with Crippen molar-refractivity contribution in [2.45, 2.75) is 6.92 Å². The molecule has 0 radical (unpaired) electrons. The van der Waals surface area contributed by atoms with E-state index in [1.165, 1.54) is 12.1 Å². The minimum absolute atomic E-state index is 0.265. The monoisotopic (exact) mass is 258 g/mol. The van der Waals surface area contributed by atoms with E-state index in [-0.39, 0.29) is 11.7 Å². The molecule has 0 saturated carbocycles. The zero-order valence-electron chi connectivity index (χ0n) is 10.8. The fraction of sp³-hybridized carbons (Fsp3) is 0.133. The third-order valence-electron chi connectivity index (χ3n) is 2.77. The first-order valence-electron chi connectivity index (χ1n) is 5.95. The summed E-state index contributed by atoms with van der Waals surface area (Å²) < 4.78 is 13.1. The Morgan fingerprint density at radius 1 is 1.16 bits per heavy atom. The molecule has 1 amide bonds. The van der Waals surface area contributed by atoms with E-state index in [9.17, 15) is 9.18 Å². The molecule has 2 aromatic rings. The molecule has 2 N–H and O–H groups in total. The van der Waals surface area contributed by atoms with Crippen molar-refractivity contribution in [2.24, 2.45) is 0 Å². The van der Waals surface area contributed by atoms with Gasteiger partial charge in [0.1, 0.15) is 5.82 Å². The summed E-state index contributed by atoms with van der Waals surface area (Å²) in [5.41, 5.74) is 2.70. The van der Waals surface area contributed by atoms with Gasteiger partial charge in [-0.15, -0.1) is 0 Å². The summed E-state index contributed by atoms with van der Waals surface area (Å²) in [6.45, 7) is 1.92. The van der Waals surface area contributed by atoms with Crippen LogP contribution in [0.5, 0.6) is 0 Å². The van der Waals surface area contributed by atoms with Gasteiger partial charge in [0.2, 0.25) is 0 Å². The first-order chi connectivity index (χ1) is 9.10. The molecule has 0 bridgehead atoms. The van der Waals surface area contributed by atoms with Gasteiger partial charge >= 0.3 is 0 Å². The molecule has 4 heteroatoms. The summed E-state index contributed by atoms with van der Waals surface area (Å²) in [5, 5.41) is 5.65. The minimum atomic E-state index is -0.379. The highest BCUT2D eigenvalue weighted by molar-refractivity contribution is 6.08. The molecule has 0 aliphatic carbocycles. The summed E-state index contributed by atoms with van der Waals surface area (Å²) in [6.07, 6.45) is 0. The van der Waals surface area contributed by atoms with Crippen LogP contribution in [0.1, 0.15) is 15.9 Å². The number of rotatable bonds is 3. The lowest BCUT2D eigenvalue weighted by molar-refractivity contribution is 0.102. The molecule has 98 valence electrons. The lowest BCUT2D eigenvalue weighted by atomic mass is 10.1. The molecule has 0 aliphatic rings. The Morgan fingerprint density at radius 2 is 1.95 bits per heavy atom. The molecule has 2 aromatic carbocycles. The number of hydrogen-bond acceptors (Lipinski definition) is 2. The van der Waals surface area contributed by atoms with Crippen molar-refractivity contribution >= 4 is 17.3 Å². The third-order valence-corrected chi connectivity index (χ3v) is 2.77. The molecule has 0 spiro atoms. The van der Waals surface area contributed by atoms with E-state index in [2.05, 4.69) is 10.6 Å². The Labute approximate surface area is 111 Å². The molecule has 0 unspecified atom stereocenters. The van der Waals surface area contributed by atoms with E-state index in [4.69, 9.17) is 0 Å². The SMILES string of the molecule is CNc1ccc(C)cc1C(=O)Nc1cccc(F)c1. The van der Waals surface area contributed by atoms with Gasteiger partial charge in [0.15, 0.2) is 0 Å². The smallest absolute Gasteiger partial charge is 0.257 e.